The first kappa shape index (κ1) is 21.9. The van der Waals surface area contributed by atoms with Crippen LogP contribution in [0.25, 0.3) is 11.5 Å². The molecule has 2 heterocycles. The molecule has 0 radical (unpaired) electrons. The number of ether oxygens (including phenoxy) is 1. The van der Waals surface area contributed by atoms with Crippen LogP contribution in [0.1, 0.15) is 34.2 Å². The molecule has 1 aliphatic heterocycles. The minimum atomic E-state index is -0.297. The summed E-state index contributed by atoms with van der Waals surface area (Å²) in [5.41, 5.74) is 4.56. The van der Waals surface area contributed by atoms with Crippen LogP contribution in [0.5, 0.6) is 5.75 Å². The maximum absolute atomic E-state index is 13.6. The van der Waals surface area contributed by atoms with Gasteiger partial charge >= 0.3 is 0 Å². The van der Waals surface area contributed by atoms with Crippen LogP contribution in [0.15, 0.2) is 77.2 Å². The average molecular weight is 457 g/mol. The molecule has 0 spiro atoms. The van der Waals surface area contributed by atoms with Gasteiger partial charge in [0.05, 0.1) is 25.3 Å². The van der Waals surface area contributed by atoms with Gasteiger partial charge in [0.1, 0.15) is 17.3 Å². The number of aryl methyl sites for hydroxylation is 1. The van der Waals surface area contributed by atoms with Gasteiger partial charge in [-0.1, -0.05) is 42.5 Å². The second-order valence-corrected chi connectivity index (χ2v) is 8.42. The highest BCUT2D eigenvalue weighted by Crippen LogP contribution is 2.36. The van der Waals surface area contributed by atoms with Gasteiger partial charge in [0.25, 0.3) is 0 Å². The average Bonchev–Trinajstić information content (AvgIpc) is 3.24. The smallest absolute Gasteiger partial charge is 0.229 e. The standard InChI is InChI=1S/C28H25FN2O3/c1-18-25(30-28(34-18)21-7-5-8-23(16-21)33-2)17-26(32)31-15-14-19-6-3-4-9-24(19)27(31)20-10-12-22(29)13-11-20/h3-13,16,27H,14-15,17H2,1-2H3/t27-/m1/s1. The molecule has 0 bridgehead atoms. The zero-order valence-corrected chi connectivity index (χ0v) is 19.1. The van der Waals surface area contributed by atoms with Crippen molar-refractivity contribution in [3.63, 3.8) is 0 Å². The summed E-state index contributed by atoms with van der Waals surface area (Å²) >= 11 is 0. The fraction of sp³-hybridized carbons (Fsp3) is 0.214. The number of methoxy groups -OCH3 is 1. The third kappa shape index (κ3) is 4.19. The predicted octanol–water partition coefficient (Wildman–Crippen LogP) is 5.51. The van der Waals surface area contributed by atoms with E-state index in [-0.39, 0.29) is 24.2 Å². The topological polar surface area (TPSA) is 55.6 Å². The van der Waals surface area contributed by atoms with Crippen LogP contribution in [0.4, 0.5) is 4.39 Å². The number of carbonyl (C=O) groups is 1. The van der Waals surface area contributed by atoms with Crippen molar-refractivity contribution in [3.05, 3.63) is 107 Å². The van der Waals surface area contributed by atoms with Gasteiger partial charge in [-0.2, -0.15) is 0 Å². The summed E-state index contributed by atoms with van der Waals surface area (Å²) in [6.45, 7) is 2.40. The normalized spacial score (nSPS) is 15.1. The lowest BCUT2D eigenvalue weighted by molar-refractivity contribution is -0.132. The number of oxazole rings is 1. The number of hydrogen-bond acceptors (Lipinski definition) is 4. The number of aromatic nitrogens is 1. The molecule has 5 nitrogen and oxygen atoms in total. The molecule has 4 aromatic rings. The molecule has 0 aliphatic carbocycles. The summed E-state index contributed by atoms with van der Waals surface area (Å²) in [4.78, 5) is 20.1. The van der Waals surface area contributed by atoms with E-state index in [1.807, 2.05) is 54.3 Å². The second-order valence-electron chi connectivity index (χ2n) is 8.42. The number of hydrogen-bond donors (Lipinski definition) is 0. The Morgan fingerprint density at radius 2 is 1.91 bits per heavy atom. The number of amides is 1. The van der Waals surface area contributed by atoms with Crippen molar-refractivity contribution in [2.24, 2.45) is 0 Å². The maximum atomic E-state index is 13.6. The first-order valence-electron chi connectivity index (χ1n) is 11.3. The zero-order chi connectivity index (χ0) is 23.7. The molecule has 0 fully saturated rings. The quantitative estimate of drug-likeness (QED) is 0.397. The highest BCUT2D eigenvalue weighted by Gasteiger charge is 2.32. The lowest BCUT2D eigenvalue weighted by atomic mass is 9.88. The lowest BCUT2D eigenvalue weighted by Crippen LogP contribution is -2.41. The lowest BCUT2D eigenvalue weighted by Gasteiger charge is -2.38. The van der Waals surface area contributed by atoms with E-state index in [9.17, 15) is 9.18 Å². The summed E-state index contributed by atoms with van der Waals surface area (Å²) in [6, 6.07) is 21.7. The van der Waals surface area contributed by atoms with E-state index in [0.717, 1.165) is 23.1 Å². The third-order valence-corrected chi connectivity index (χ3v) is 6.32. The Balaban J connectivity index is 1.45. The molecule has 1 amide bonds. The summed E-state index contributed by atoms with van der Waals surface area (Å²) < 4.78 is 24.8. The first-order chi connectivity index (χ1) is 16.5. The van der Waals surface area contributed by atoms with E-state index in [0.29, 0.717) is 29.6 Å². The molecule has 5 rings (SSSR count). The van der Waals surface area contributed by atoms with Crippen LogP contribution < -0.4 is 4.74 Å². The van der Waals surface area contributed by atoms with Gasteiger partial charge in [0.2, 0.25) is 11.8 Å². The van der Waals surface area contributed by atoms with E-state index in [1.165, 1.54) is 17.7 Å². The summed E-state index contributed by atoms with van der Waals surface area (Å²) in [5, 5.41) is 0. The van der Waals surface area contributed by atoms with E-state index in [2.05, 4.69) is 11.1 Å². The molecule has 0 unspecified atom stereocenters. The molecule has 1 aliphatic rings. The molecule has 34 heavy (non-hydrogen) atoms. The van der Waals surface area contributed by atoms with Crippen molar-refractivity contribution >= 4 is 5.91 Å². The number of rotatable bonds is 5. The Kier molecular flexibility index (Phi) is 5.88. The molecule has 3 aromatic carbocycles. The minimum Gasteiger partial charge on any atom is -0.497 e. The molecule has 6 heteroatoms. The Bertz CT molecular complexity index is 1330. The zero-order valence-electron chi connectivity index (χ0n) is 19.1. The fourth-order valence-electron chi connectivity index (χ4n) is 4.56. The number of carbonyl (C=O) groups excluding carboxylic acids is 1. The van der Waals surface area contributed by atoms with E-state index < -0.39 is 0 Å². The van der Waals surface area contributed by atoms with Crippen molar-refractivity contribution in [1.82, 2.24) is 9.88 Å². The SMILES string of the molecule is COc1cccc(-c2nc(CC(=O)N3CCc4ccccc4[C@H]3c3ccc(F)cc3)c(C)o2)c1. The van der Waals surface area contributed by atoms with Crippen LogP contribution in [-0.2, 0) is 17.6 Å². The highest BCUT2D eigenvalue weighted by molar-refractivity contribution is 5.80. The first-order valence-corrected chi connectivity index (χ1v) is 11.3. The van der Waals surface area contributed by atoms with Crippen molar-refractivity contribution in [3.8, 4) is 17.2 Å². The Morgan fingerprint density at radius 1 is 1.12 bits per heavy atom. The minimum absolute atomic E-state index is 0.0441. The van der Waals surface area contributed by atoms with E-state index >= 15 is 0 Å². The van der Waals surface area contributed by atoms with Crippen LogP contribution in [-0.4, -0.2) is 29.4 Å². The Hall–Kier alpha value is -3.93. The number of nitrogens with zero attached hydrogens (tertiary/aromatic N) is 2. The largest absolute Gasteiger partial charge is 0.497 e. The molecule has 172 valence electrons. The molecule has 1 atom stereocenters. The maximum Gasteiger partial charge on any atom is 0.229 e. The van der Waals surface area contributed by atoms with Crippen molar-refractivity contribution in [2.45, 2.75) is 25.8 Å². The van der Waals surface area contributed by atoms with Gasteiger partial charge in [-0.25, -0.2) is 9.37 Å². The van der Waals surface area contributed by atoms with Crippen LogP contribution >= 0.6 is 0 Å². The highest BCUT2D eigenvalue weighted by atomic mass is 19.1. The van der Waals surface area contributed by atoms with Gasteiger partial charge in [-0.05, 0) is 60.4 Å². The van der Waals surface area contributed by atoms with Crippen LogP contribution in [0.2, 0.25) is 0 Å². The molecule has 1 aromatic heterocycles. The number of benzene rings is 3. The molecular weight excluding hydrogens is 431 g/mol. The van der Waals surface area contributed by atoms with Crippen LogP contribution in [0, 0.1) is 12.7 Å². The molecule has 0 saturated heterocycles. The molecule has 0 saturated carbocycles. The Labute approximate surface area is 197 Å². The Morgan fingerprint density at radius 3 is 2.71 bits per heavy atom. The third-order valence-electron chi connectivity index (χ3n) is 6.32. The van der Waals surface area contributed by atoms with Crippen molar-refractivity contribution in [1.29, 1.82) is 0 Å². The van der Waals surface area contributed by atoms with Gasteiger partial charge in [-0.3, -0.25) is 4.79 Å². The van der Waals surface area contributed by atoms with Gasteiger partial charge in [-0.15, -0.1) is 0 Å². The van der Waals surface area contributed by atoms with Gasteiger partial charge in [0, 0.05) is 12.1 Å². The molecule has 0 N–H and O–H groups in total. The van der Waals surface area contributed by atoms with Gasteiger partial charge < -0.3 is 14.1 Å². The number of fused-ring (bicyclic) bond motifs is 1. The summed E-state index contributed by atoms with van der Waals surface area (Å²) in [5.74, 6) is 1.44. The fourth-order valence-corrected chi connectivity index (χ4v) is 4.56. The van der Waals surface area contributed by atoms with E-state index in [4.69, 9.17) is 9.15 Å². The molecular formula is C28H25FN2O3. The van der Waals surface area contributed by atoms with Crippen LogP contribution in [0.3, 0.4) is 0 Å². The second kappa shape index (κ2) is 9.14. The summed E-state index contributed by atoms with van der Waals surface area (Å²) in [7, 11) is 1.61. The van der Waals surface area contributed by atoms with Crippen molar-refractivity contribution < 1.29 is 18.3 Å². The monoisotopic (exact) mass is 456 g/mol. The van der Waals surface area contributed by atoms with E-state index in [1.54, 1.807) is 19.2 Å². The predicted molar refractivity (Wildman–Crippen MR) is 127 cm³/mol. The summed E-state index contributed by atoms with van der Waals surface area (Å²) in [6.07, 6.45) is 0.894. The van der Waals surface area contributed by atoms with Gasteiger partial charge in [0.15, 0.2) is 0 Å². The number of halogens is 1. The van der Waals surface area contributed by atoms with Crippen molar-refractivity contribution in [2.75, 3.05) is 13.7 Å².